The first kappa shape index (κ1) is 11.8. The van der Waals surface area contributed by atoms with Crippen LogP contribution < -0.4 is 16.2 Å². The Morgan fingerprint density at radius 2 is 2.06 bits per heavy atom. The maximum absolute atomic E-state index is 12.2. The summed E-state index contributed by atoms with van der Waals surface area (Å²) in [6, 6.07) is 6.75. The number of aromatic amines is 1. The van der Waals surface area contributed by atoms with E-state index in [1.165, 1.54) is 7.11 Å². The molecule has 0 aliphatic carbocycles. The summed E-state index contributed by atoms with van der Waals surface area (Å²) in [4.78, 5) is 28.9. The third-order valence-electron chi connectivity index (χ3n) is 2.44. The van der Waals surface area contributed by atoms with Gasteiger partial charge in [-0.25, -0.2) is 9.78 Å². The van der Waals surface area contributed by atoms with Crippen LogP contribution in [-0.4, -0.2) is 22.9 Å². The van der Waals surface area contributed by atoms with Crippen LogP contribution >= 0.6 is 0 Å². The molecule has 0 fully saturated rings. The minimum atomic E-state index is -0.593. The van der Waals surface area contributed by atoms with Gasteiger partial charge in [-0.15, -0.1) is 0 Å². The first-order valence-corrected chi connectivity index (χ1v) is 5.16. The number of carbonyl (C=O) groups excluding carboxylic acids is 1. The molecule has 0 bridgehead atoms. The second kappa shape index (κ2) is 4.70. The summed E-state index contributed by atoms with van der Waals surface area (Å²) in [5, 5.41) is 0. The molecule has 2 rings (SSSR count). The number of rotatable bonds is 3. The third-order valence-corrected chi connectivity index (χ3v) is 2.44. The van der Waals surface area contributed by atoms with Crippen molar-refractivity contribution in [3.63, 3.8) is 0 Å². The molecular formula is C12H11N3O3. The van der Waals surface area contributed by atoms with Crippen molar-refractivity contribution in [3.8, 4) is 5.75 Å². The number of anilines is 1. The van der Waals surface area contributed by atoms with Gasteiger partial charge in [-0.1, -0.05) is 12.1 Å². The van der Waals surface area contributed by atoms with Crippen molar-refractivity contribution in [2.75, 3.05) is 12.8 Å². The first-order valence-electron chi connectivity index (χ1n) is 5.16. The SMILES string of the molecule is COc1ccccc1C(=O)c1cnc(=O)[nH]c1N. The number of nitrogens with zero attached hydrogens (tertiary/aromatic N) is 1. The zero-order valence-corrected chi connectivity index (χ0v) is 9.64. The molecule has 0 amide bonds. The lowest BCUT2D eigenvalue weighted by Crippen LogP contribution is -2.17. The normalized spacial score (nSPS) is 10.1. The lowest BCUT2D eigenvalue weighted by molar-refractivity contribution is 0.103. The first-order chi connectivity index (χ1) is 8.63. The number of hydrogen-bond acceptors (Lipinski definition) is 5. The van der Waals surface area contributed by atoms with Crippen molar-refractivity contribution in [2.24, 2.45) is 0 Å². The molecule has 0 atom stereocenters. The molecule has 92 valence electrons. The Bertz CT molecular complexity index is 649. The molecule has 0 saturated heterocycles. The minimum Gasteiger partial charge on any atom is -0.496 e. The summed E-state index contributed by atoms with van der Waals surface area (Å²) in [7, 11) is 1.47. The van der Waals surface area contributed by atoms with Crippen LogP contribution in [0.5, 0.6) is 5.75 Å². The molecule has 0 spiro atoms. The van der Waals surface area contributed by atoms with Gasteiger partial charge in [-0.05, 0) is 12.1 Å². The van der Waals surface area contributed by atoms with Crippen molar-refractivity contribution < 1.29 is 9.53 Å². The quantitative estimate of drug-likeness (QED) is 0.771. The Hall–Kier alpha value is -2.63. The summed E-state index contributed by atoms with van der Waals surface area (Å²) < 4.78 is 5.10. The molecule has 6 heteroatoms. The Morgan fingerprint density at radius 3 is 2.72 bits per heavy atom. The molecule has 0 unspecified atom stereocenters. The summed E-state index contributed by atoms with van der Waals surface area (Å²) >= 11 is 0. The number of H-pyrrole nitrogens is 1. The number of carbonyl (C=O) groups is 1. The minimum absolute atomic E-state index is 0.00842. The molecule has 0 aliphatic rings. The predicted octanol–water partition coefficient (Wildman–Crippen LogP) is 0.592. The molecule has 1 aromatic carbocycles. The number of methoxy groups -OCH3 is 1. The monoisotopic (exact) mass is 245 g/mol. The zero-order valence-electron chi connectivity index (χ0n) is 9.64. The van der Waals surface area contributed by atoms with Crippen LogP contribution in [0.1, 0.15) is 15.9 Å². The van der Waals surface area contributed by atoms with Crippen LogP contribution in [0.2, 0.25) is 0 Å². The lowest BCUT2D eigenvalue weighted by atomic mass is 10.0. The van der Waals surface area contributed by atoms with Gasteiger partial charge >= 0.3 is 5.69 Å². The standard InChI is InChI=1S/C12H11N3O3/c1-18-9-5-3-2-4-7(9)10(16)8-6-14-12(17)15-11(8)13/h2-6H,1H3,(H3,13,14,15,17). The van der Waals surface area contributed by atoms with Crippen molar-refractivity contribution >= 4 is 11.6 Å². The van der Waals surface area contributed by atoms with Gasteiger partial charge in [0, 0.05) is 6.20 Å². The van der Waals surface area contributed by atoms with E-state index >= 15 is 0 Å². The van der Waals surface area contributed by atoms with E-state index in [-0.39, 0.29) is 17.2 Å². The van der Waals surface area contributed by atoms with E-state index in [4.69, 9.17) is 10.5 Å². The number of hydrogen-bond donors (Lipinski definition) is 2. The van der Waals surface area contributed by atoms with Crippen molar-refractivity contribution in [1.82, 2.24) is 9.97 Å². The maximum Gasteiger partial charge on any atom is 0.346 e. The van der Waals surface area contributed by atoms with Gasteiger partial charge in [0.2, 0.25) is 5.78 Å². The highest BCUT2D eigenvalue weighted by Crippen LogP contribution is 2.21. The van der Waals surface area contributed by atoms with Gasteiger partial charge in [0.1, 0.15) is 11.6 Å². The number of ether oxygens (including phenoxy) is 1. The number of aromatic nitrogens is 2. The molecule has 1 aromatic heterocycles. The van der Waals surface area contributed by atoms with Crippen molar-refractivity contribution in [2.45, 2.75) is 0 Å². The van der Waals surface area contributed by atoms with E-state index in [9.17, 15) is 9.59 Å². The topological polar surface area (TPSA) is 98.1 Å². The molecule has 0 aliphatic heterocycles. The van der Waals surface area contributed by atoms with E-state index in [0.29, 0.717) is 11.3 Å². The number of nitrogens with two attached hydrogens (primary N) is 1. The van der Waals surface area contributed by atoms with Gasteiger partial charge in [-0.3, -0.25) is 9.78 Å². The average molecular weight is 245 g/mol. The van der Waals surface area contributed by atoms with Crippen LogP contribution in [0.25, 0.3) is 0 Å². The van der Waals surface area contributed by atoms with Gasteiger partial charge in [-0.2, -0.15) is 0 Å². The Labute approximate surface area is 102 Å². The highest BCUT2D eigenvalue weighted by atomic mass is 16.5. The van der Waals surface area contributed by atoms with Crippen molar-refractivity contribution in [1.29, 1.82) is 0 Å². The van der Waals surface area contributed by atoms with Gasteiger partial charge in [0.25, 0.3) is 0 Å². The zero-order chi connectivity index (χ0) is 13.1. The van der Waals surface area contributed by atoms with Crippen LogP contribution in [-0.2, 0) is 0 Å². The smallest absolute Gasteiger partial charge is 0.346 e. The van der Waals surface area contributed by atoms with Gasteiger partial charge in [0.05, 0.1) is 18.2 Å². The average Bonchev–Trinajstić information content (AvgIpc) is 2.38. The summed E-state index contributed by atoms with van der Waals surface area (Å²) in [5.74, 6) is 0.0766. The highest BCUT2D eigenvalue weighted by molar-refractivity contribution is 6.12. The highest BCUT2D eigenvalue weighted by Gasteiger charge is 2.17. The number of ketones is 1. The van der Waals surface area contributed by atoms with Crippen LogP contribution in [0, 0.1) is 0 Å². The molecule has 6 nitrogen and oxygen atoms in total. The maximum atomic E-state index is 12.2. The van der Waals surface area contributed by atoms with E-state index < -0.39 is 5.69 Å². The molecular weight excluding hydrogens is 234 g/mol. The van der Waals surface area contributed by atoms with E-state index in [1.807, 2.05) is 0 Å². The predicted molar refractivity (Wildman–Crippen MR) is 65.7 cm³/mol. The van der Waals surface area contributed by atoms with Crippen molar-refractivity contribution in [3.05, 3.63) is 52.1 Å². The van der Waals surface area contributed by atoms with E-state index in [2.05, 4.69) is 9.97 Å². The second-order valence-corrected chi connectivity index (χ2v) is 3.55. The van der Waals surface area contributed by atoms with Crippen LogP contribution in [0.15, 0.2) is 35.3 Å². The molecule has 18 heavy (non-hydrogen) atoms. The number of nitrogen functional groups attached to an aromatic ring is 1. The van der Waals surface area contributed by atoms with E-state index in [1.54, 1.807) is 24.3 Å². The lowest BCUT2D eigenvalue weighted by Gasteiger charge is -2.07. The Kier molecular flexibility index (Phi) is 3.09. The molecule has 0 radical (unpaired) electrons. The van der Waals surface area contributed by atoms with Gasteiger partial charge in [0.15, 0.2) is 0 Å². The number of benzene rings is 1. The molecule has 1 heterocycles. The van der Waals surface area contributed by atoms with E-state index in [0.717, 1.165) is 6.20 Å². The Morgan fingerprint density at radius 1 is 1.33 bits per heavy atom. The Balaban J connectivity index is 2.51. The van der Waals surface area contributed by atoms with Gasteiger partial charge < -0.3 is 10.5 Å². The van der Waals surface area contributed by atoms with Crippen LogP contribution in [0.3, 0.4) is 0 Å². The number of nitrogens with one attached hydrogen (secondary N) is 1. The number of para-hydroxylation sites is 1. The van der Waals surface area contributed by atoms with Crippen LogP contribution in [0.4, 0.5) is 5.82 Å². The largest absolute Gasteiger partial charge is 0.496 e. The molecule has 0 saturated carbocycles. The summed E-state index contributed by atoms with van der Waals surface area (Å²) in [6.45, 7) is 0. The fourth-order valence-corrected chi connectivity index (χ4v) is 1.57. The molecule has 2 aromatic rings. The summed E-state index contributed by atoms with van der Waals surface area (Å²) in [5.41, 5.74) is 5.50. The molecule has 3 N–H and O–H groups in total. The summed E-state index contributed by atoms with van der Waals surface area (Å²) in [6.07, 6.45) is 1.16. The second-order valence-electron chi connectivity index (χ2n) is 3.55. The fourth-order valence-electron chi connectivity index (χ4n) is 1.57. The third kappa shape index (κ3) is 2.08. The fraction of sp³-hybridized carbons (Fsp3) is 0.0833.